The molecule has 2 aromatic rings. The van der Waals surface area contributed by atoms with Crippen LogP contribution in [-0.2, 0) is 9.59 Å². The summed E-state index contributed by atoms with van der Waals surface area (Å²) in [6.07, 6.45) is 5.44. The van der Waals surface area contributed by atoms with Crippen LogP contribution >= 0.6 is 46.4 Å². The van der Waals surface area contributed by atoms with Gasteiger partial charge in [-0.25, -0.2) is 0 Å². The van der Waals surface area contributed by atoms with Gasteiger partial charge in [-0.05, 0) is 49.3 Å². The highest BCUT2D eigenvalue weighted by Gasteiger charge is 2.17. The number of carbonyl (C=O) groups excluding carboxylic acids is 4. The third kappa shape index (κ3) is 9.86. The highest BCUT2D eigenvalue weighted by atomic mass is 35.5. The molecule has 8 nitrogen and oxygen atoms in total. The lowest BCUT2D eigenvalue weighted by Crippen LogP contribution is -2.30. The van der Waals surface area contributed by atoms with Crippen LogP contribution in [0.5, 0.6) is 11.5 Å². The maximum Gasteiger partial charge on any atom is 0.257 e. The summed E-state index contributed by atoms with van der Waals surface area (Å²) in [7, 11) is 0. The Bertz CT molecular complexity index is 1180. The average Bonchev–Trinajstić information content (AvgIpc) is 2.95. The first kappa shape index (κ1) is 33.2. The van der Waals surface area contributed by atoms with Crippen LogP contribution in [-0.4, -0.2) is 49.7 Å². The van der Waals surface area contributed by atoms with Crippen LogP contribution in [0.3, 0.4) is 0 Å². The second-order valence-corrected chi connectivity index (χ2v) is 9.82. The van der Waals surface area contributed by atoms with Crippen LogP contribution in [0.15, 0.2) is 49.6 Å². The molecule has 0 bridgehead atoms. The number of nitrogens with one attached hydrogen (secondary N) is 2. The fourth-order valence-corrected chi connectivity index (χ4v) is 4.27. The van der Waals surface area contributed by atoms with Crippen molar-refractivity contribution in [2.75, 3.05) is 26.3 Å². The molecule has 0 radical (unpaired) electrons. The normalized spacial score (nSPS) is 10.4. The molecule has 0 atom stereocenters. The van der Waals surface area contributed by atoms with Crippen molar-refractivity contribution in [3.8, 4) is 11.5 Å². The number of rotatable bonds is 17. The molecule has 0 aliphatic heterocycles. The molecule has 214 valence electrons. The van der Waals surface area contributed by atoms with E-state index in [2.05, 4.69) is 23.8 Å². The number of unbranched alkanes of at least 4 members (excludes halogenated alkanes) is 3. The van der Waals surface area contributed by atoms with Gasteiger partial charge in [0.25, 0.3) is 11.8 Å². The van der Waals surface area contributed by atoms with E-state index in [-0.39, 0.29) is 79.3 Å². The summed E-state index contributed by atoms with van der Waals surface area (Å²) in [5.74, 6) is -1.00. The minimum atomic E-state index is -0.370. The van der Waals surface area contributed by atoms with Crippen molar-refractivity contribution in [2.24, 2.45) is 0 Å². The molecule has 0 saturated heterocycles. The largest absolute Gasteiger partial charge is 0.482 e. The first-order valence-electron chi connectivity index (χ1n) is 12.2. The van der Waals surface area contributed by atoms with Gasteiger partial charge >= 0.3 is 0 Å². The van der Waals surface area contributed by atoms with E-state index in [0.29, 0.717) is 13.1 Å². The van der Waals surface area contributed by atoms with Crippen molar-refractivity contribution in [2.45, 2.75) is 25.7 Å². The number of hydrogen-bond acceptors (Lipinski definition) is 6. The minimum absolute atomic E-state index is 0.0374. The fourth-order valence-electron chi connectivity index (χ4n) is 3.33. The van der Waals surface area contributed by atoms with Crippen molar-refractivity contribution in [3.05, 3.63) is 80.8 Å². The van der Waals surface area contributed by atoms with Gasteiger partial charge in [-0.2, -0.15) is 0 Å². The number of hydrogen-bond donors (Lipinski definition) is 2. The van der Waals surface area contributed by atoms with Gasteiger partial charge in [0.05, 0.1) is 10.0 Å². The molecule has 40 heavy (non-hydrogen) atoms. The second-order valence-electron chi connectivity index (χ2n) is 8.31. The summed E-state index contributed by atoms with van der Waals surface area (Å²) in [5, 5.41) is 5.67. The standard InChI is InChI=1S/C28H28Cl4N2O6/c1-3-19(35)17-9-11-21(27(31)25(17)29)39-15-23(37)33-13-7-5-6-8-14-34-24(38)16-40-22-12-10-18(20(36)4-2)26(30)28(22)32/h3-4,9-12H,1-2,5-8,13-16H2,(H,33,37)(H,34,38). The number of amides is 2. The number of allylic oxidation sites excluding steroid dienone is 2. The summed E-state index contributed by atoms with van der Waals surface area (Å²) < 4.78 is 10.8. The van der Waals surface area contributed by atoms with Gasteiger partial charge in [0.2, 0.25) is 0 Å². The predicted molar refractivity (Wildman–Crippen MR) is 157 cm³/mol. The maximum atomic E-state index is 12.0. The molecule has 0 saturated carbocycles. The fraction of sp³-hybridized carbons (Fsp3) is 0.286. The number of ketones is 2. The Kier molecular flexibility index (Phi) is 14.0. The minimum Gasteiger partial charge on any atom is -0.482 e. The topological polar surface area (TPSA) is 111 Å². The Morgan fingerprint density at radius 2 is 1.00 bits per heavy atom. The molecule has 0 aliphatic carbocycles. The van der Waals surface area contributed by atoms with Crippen LogP contribution in [0.4, 0.5) is 0 Å². The van der Waals surface area contributed by atoms with Gasteiger partial charge in [0.1, 0.15) is 21.5 Å². The molecule has 0 fully saturated rings. The van der Waals surface area contributed by atoms with Gasteiger partial charge in [0, 0.05) is 24.2 Å². The Morgan fingerprint density at radius 1 is 0.625 bits per heavy atom. The molecular weight excluding hydrogens is 602 g/mol. The Balaban J connectivity index is 1.58. The van der Waals surface area contributed by atoms with E-state index in [0.717, 1.165) is 37.8 Å². The maximum absolute atomic E-state index is 12.0. The van der Waals surface area contributed by atoms with Crippen LogP contribution in [0, 0.1) is 0 Å². The molecule has 0 spiro atoms. The number of carbonyl (C=O) groups is 4. The third-order valence-electron chi connectivity index (χ3n) is 5.46. The van der Waals surface area contributed by atoms with Gasteiger partial charge in [-0.15, -0.1) is 0 Å². The van der Waals surface area contributed by atoms with Crippen molar-refractivity contribution in [3.63, 3.8) is 0 Å². The highest BCUT2D eigenvalue weighted by molar-refractivity contribution is 6.45. The van der Waals surface area contributed by atoms with Gasteiger partial charge in [0.15, 0.2) is 24.8 Å². The van der Waals surface area contributed by atoms with E-state index in [9.17, 15) is 19.2 Å². The van der Waals surface area contributed by atoms with E-state index < -0.39 is 0 Å². The molecule has 2 aromatic carbocycles. The number of halogens is 4. The molecule has 0 heterocycles. The Morgan fingerprint density at radius 3 is 1.35 bits per heavy atom. The Hall–Kier alpha value is -3.04. The van der Waals surface area contributed by atoms with E-state index in [1.54, 1.807) is 0 Å². The predicted octanol–water partition coefficient (Wildman–Crippen LogP) is 6.29. The highest BCUT2D eigenvalue weighted by Crippen LogP contribution is 2.36. The molecule has 2 N–H and O–H groups in total. The SMILES string of the molecule is C=CC(=O)c1ccc(OCC(=O)NCCCCCCNC(=O)COc2ccc(C(=O)C=C)c(Cl)c2Cl)c(Cl)c1Cl. The van der Waals surface area contributed by atoms with Crippen LogP contribution in [0.1, 0.15) is 46.4 Å². The van der Waals surface area contributed by atoms with Gasteiger partial charge in [-0.3, -0.25) is 19.2 Å². The molecule has 0 aromatic heterocycles. The van der Waals surface area contributed by atoms with Crippen LogP contribution in [0.2, 0.25) is 20.1 Å². The molecule has 2 amide bonds. The lowest BCUT2D eigenvalue weighted by atomic mass is 10.1. The molecule has 2 rings (SSSR count). The van der Waals surface area contributed by atoms with E-state index in [1.165, 1.54) is 24.3 Å². The monoisotopic (exact) mass is 628 g/mol. The van der Waals surface area contributed by atoms with Crippen molar-refractivity contribution >= 4 is 69.8 Å². The van der Waals surface area contributed by atoms with E-state index in [1.807, 2.05) is 0 Å². The zero-order valence-electron chi connectivity index (χ0n) is 21.5. The average molecular weight is 630 g/mol. The first-order valence-corrected chi connectivity index (χ1v) is 13.7. The molecule has 0 unspecified atom stereocenters. The summed E-state index contributed by atoms with van der Waals surface area (Å²) in [6.45, 7) is 7.23. The summed E-state index contributed by atoms with van der Waals surface area (Å²) in [6, 6.07) is 5.86. The van der Waals surface area contributed by atoms with Crippen LogP contribution in [0.25, 0.3) is 0 Å². The number of ether oxygens (including phenoxy) is 2. The van der Waals surface area contributed by atoms with Gasteiger partial charge < -0.3 is 20.1 Å². The van der Waals surface area contributed by atoms with E-state index in [4.69, 9.17) is 55.9 Å². The van der Waals surface area contributed by atoms with Crippen molar-refractivity contribution in [1.82, 2.24) is 10.6 Å². The summed E-state index contributed by atoms with van der Waals surface area (Å²) in [5.41, 5.74) is 0.401. The van der Waals surface area contributed by atoms with Crippen molar-refractivity contribution in [1.29, 1.82) is 0 Å². The summed E-state index contributed by atoms with van der Waals surface area (Å²) in [4.78, 5) is 47.6. The van der Waals surface area contributed by atoms with Gasteiger partial charge in [-0.1, -0.05) is 72.4 Å². The lowest BCUT2D eigenvalue weighted by Gasteiger charge is -2.11. The molecular formula is C28H28Cl4N2O6. The summed E-state index contributed by atoms with van der Waals surface area (Å²) >= 11 is 24.5. The Labute approximate surface area is 252 Å². The first-order chi connectivity index (χ1) is 19.1. The van der Waals surface area contributed by atoms with Crippen molar-refractivity contribution < 1.29 is 28.7 Å². The zero-order chi connectivity index (χ0) is 29.7. The molecule has 0 aliphatic rings. The quantitative estimate of drug-likeness (QED) is 0.121. The smallest absolute Gasteiger partial charge is 0.257 e. The lowest BCUT2D eigenvalue weighted by molar-refractivity contribution is -0.123. The van der Waals surface area contributed by atoms with Crippen LogP contribution < -0.4 is 20.1 Å². The van der Waals surface area contributed by atoms with E-state index >= 15 is 0 Å². The third-order valence-corrected chi connectivity index (χ3v) is 7.19. The molecule has 12 heteroatoms. The zero-order valence-corrected chi connectivity index (χ0v) is 24.5. The number of benzene rings is 2. The second kappa shape index (κ2) is 16.9.